The normalized spacial score (nSPS) is 11.3. The minimum absolute atomic E-state index is 0.0109. The molecule has 3 aromatic rings. The van der Waals surface area contributed by atoms with Crippen molar-refractivity contribution in [1.82, 2.24) is 9.88 Å². The van der Waals surface area contributed by atoms with Gasteiger partial charge in [-0.2, -0.15) is 0 Å². The topological polar surface area (TPSA) is 36.4 Å². The van der Waals surface area contributed by atoms with Gasteiger partial charge in [0.1, 0.15) is 0 Å². The smallest absolute Gasteiger partial charge is 0.260 e. The summed E-state index contributed by atoms with van der Waals surface area (Å²) in [6.45, 7) is 9.82. The van der Waals surface area contributed by atoms with Crippen molar-refractivity contribution in [3.63, 3.8) is 0 Å². The van der Waals surface area contributed by atoms with Crippen LogP contribution in [0, 0.1) is 0 Å². The van der Waals surface area contributed by atoms with E-state index in [1.54, 1.807) is 11.3 Å². The summed E-state index contributed by atoms with van der Waals surface area (Å²) in [6.07, 6.45) is 0.992. The third-order valence-corrected chi connectivity index (χ3v) is 6.47. The van der Waals surface area contributed by atoms with Crippen LogP contribution in [0.2, 0.25) is 0 Å². The van der Waals surface area contributed by atoms with E-state index in [2.05, 4.69) is 59.8 Å². The molecule has 0 fully saturated rings. The van der Waals surface area contributed by atoms with Crippen molar-refractivity contribution in [3.8, 4) is 0 Å². The number of fused-ring (bicyclic) bond motifs is 1. The number of halogens is 1. The van der Waals surface area contributed by atoms with Crippen LogP contribution >= 0.6 is 27.3 Å². The number of aromatic nitrogens is 1. The number of thiazole rings is 1. The Hall–Kier alpha value is -1.76. The van der Waals surface area contributed by atoms with Crippen molar-refractivity contribution in [2.75, 3.05) is 31.1 Å². The van der Waals surface area contributed by atoms with Crippen LogP contribution in [0.1, 0.15) is 36.7 Å². The lowest BCUT2D eigenvalue weighted by Gasteiger charge is -2.24. The summed E-state index contributed by atoms with van der Waals surface area (Å²) in [6, 6.07) is 13.9. The first-order valence-corrected chi connectivity index (χ1v) is 11.4. The molecular weight excluding hydrogens is 434 g/mol. The molecule has 0 aliphatic heterocycles. The van der Waals surface area contributed by atoms with Gasteiger partial charge in [0.25, 0.3) is 5.91 Å². The van der Waals surface area contributed by atoms with E-state index in [1.807, 2.05) is 29.2 Å². The summed E-state index contributed by atoms with van der Waals surface area (Å²) in [7, 11) is 0. The molecule has 3 rings (SSSR count). The first kappa shape index (κ1) is 21.0. The number of anilines is 1. The number of hydrogen-bond acceptors (Lipinski definition) is 4. The van der Waals surface area contributed by atoms with Gasteiger partial charge in [-0.05, 0) is 55.4 Å². The Morgan fingerprint density at radius 1 is 1.07 bits per heavy atom. The number of carbonyl (C=O) groups is 1. The number of aryl methyl sites for hydroxylation is 1. The summed E-state index contributed by atoms with van der Waals surface area (Å²) in [5, 5.41) is 0.764. The van der Waals surface area contributed by atoms with Crippen molar-refractivity contribution >= 4 is 48.5 Å². The van der Waals surface area contributed by atoms with Crippen molar-refractivity contribution in [2.24, 2.45) is 0 Å². The average Bonchev–Trinajstić information content (AvgIpc) is 3.13. The predicted octanol–water partition coefficient (Wildman–Crippen LogP) is 5.61. The van der Waals surface area contributed by atoms with Crippen molar-refractivity contribution in [3.05, 3.63) is 58.1 Å². The Kier molecular flexibility index (Phi) is 7.21. The number of carbonyl (C=O) groups excluding carboxylic acids is 1. The van der Waals surface area contributed by atoms with Gasteiger partial charge in [0.15, 0.2) is 5.13 Å². The number of rotatable bonds is 8. The van der Waals surface area contributed by atoms with Crippen LogP contribution in [0.4, 0.5) is 5.13 Å². The Labute approximate surface area is 179 Å². The number of nitrogens with zero attached hydrogens (tertiary/aromatic N) is 3. The average molecular weight is 460 g/mol. The molecule has 0 aliphatic rings. The lowest BCUT2D eigenvalue weighted by molar-refractivity contribution is 0.0983. The molecule has 4 nitrogen and oxygen atoms in total. The largest absolute Gasteiger partial charge is 0.302 e. The third-order valence-electron chi connectivity index (χ3n) is 4.93. The highest BCUT2D eigenvalue weighted by Gasteiger charge is 2.22. The van der Waals surface area contributed by atoms with Gasteiger partial charge in [-0.1, -0.05) is 60.2 Å². The molecule has 0 spiro atoms. The minimum Gasteiger partial charge on any atom is -0.302 e. The second kappa shape index (κ2) is 9.63. The number of benzene rings is 2. The van der Waals surface area contributed by atoms with Gasteiger partial charge in [-0.3, -0.25) is 9.69 Å². The molecular formula is C22H26BrN3OS. The third kappa shape index (κ3) is 4.80. The quantitative estimate of drug-likeness (QED) is 0.439. The fraction of sp³-hybridized carbons (Fsp3) is 0.364. The summed E-state index contributed by atoms with van der Waals surface area (Å²) >= 11 is 5.07. The van der Waals surface area contributed by atoms with E-state index in [0.717, 1.165) is 45.9 Å². The van der Waals surface area contributed by atoms with E-state index in [9.17, 15) is 4.79 Å². The van der Waals surface area contributed by atoms with Gasteiger partial charge in [-0.15, -0.1) is 0 Å². The van der Waals surface area contributed by atoms with E-state index in [-0.39, 0.29) is 5.91 Å². The summed E-state index contributed by atoms with van der Waals surface area (Å²) < 4.78 is 2.03. The molecule has 0 unspecified atom stereocenters. The van der Waals surface area contributed by atoms with Crippen LogP contribution in [0.3, 0.4) is 0 Å². The van der Waals surface area contributed by atoms with E-state index >= 15 is 0 Å². The standard InChI is InChI=1S/C22H26BrN3OS/c1-4-16-10-11-19-20(14-16)28-22(24-19)26(13-12-25(5-2)6-3)21(27)17-8-7-9-18(23)15-17/h7-11,14-15H,4-6,12-13H2,1-3H3. The van der Waals surface area contributed by atoms with Crippen LogP contribution in [-0.4, -0.2) is 42.0 Å². The molecule has 2 aromatic carbocycles. The molecule has 1 amide bonds. The first-order valence-electron chi connectivity index (χ1n) is 9.74. The molecule has 0 N–H and O–H groups in total. The monoisotopic (exact) mass is 459 g/mol. The van der Waals surface area contributed by atoms with Gasteiger partial charge in [-0.25, -0.2) is 4.98 Å². The van der Waals surface area contributed by atoms with Gasteiger partial charge in [0.2, 0.25) is 0 Å². The van der Waals surface area contributed by atoms with Gasteiger partial charge in [0.05, 0.1) is 10.2 Å². The van der Waals surface area contributed by atoms with Crippen LogP contribution in [0.15, 0.2) is 46.9 Å². The van der Waals surface area contributed by atoms with Crippen molar-refractivity contribution < 1.29 is 4.79 Å². The maximum atomic E-state index is 13.3. The van der Waals surface area contributed by atoms with E-state index < -0.39 is 0 Å². The van der Waals surface area contributed by atoms with Crippen LogP contribution in [0.5, 0.6) is 0 Å². The van der Waals surface area contributed by atoms with Crippen molar-refractivity contribution in [1.29, 1.82) is 0 Å². The molecule has 148 valence electrons. The zero-order chi connectivity index (χ0) is 20.1. The number of hydrogen-bond donors (Lipinski definition) is 0. The number of amides is 1. The molecule has 0 bridgehead atoms. The zero-order valence-corrected chi connectivity index (χ0v) is 19.0. The summed E-state index contributed by atoms with van der Waals surface area (Å²) in [4.78, 5) is 22.3. The maximum absolute atomic E-state index is 13.3. The number of likely N-dealkylation sites (N-methyl/N-ethyl adjacent to an activating group) is 1. The molecule has 1 heterocycles. The SMILES string of the molecule is CCc1ccc2nc(N(CCN(CC)CC)C(=O)c3cccc(Br)c3)sc2c1. The second-order valence-corrected chi connectivity index (χ2v) is 8.57. The van der Waals surface area contributed by atoms with E-state index in [4.69, 9.17) is 4.98 Å². The molecule has 1 aromatic heterocycles. The fourth-order valence-corrected chi connectivity index (χ4v) is 4.59. The lowest BCUT2D eigenvalue weighted by Crippen LogP contribution is -2.38. The second-order valence-electron chi connectivity index (χ2n) is 6.65. The summed E-state index contributed by atoms with van der Waals surface area (Å²) in [5.74, 6) is -0.0109. The highest BCUT2D eigenvalue weighted by atomic mass is 79.9. The van der Waals surface area contributed by atoms with Crippen LogP contribution in [-0.2, 0) is 6.42 Å². The highest BCUT2D eigenvalue weighted by molar-refractivity contribution is 9.10. The van der Waals surface area contributed by atoms with Gasteiger partial charge >= 0.3 is 0 Å². The molecule has 0 saturated carbocycles. The maximum Gasteiger partial charge on any atom is 0.260 e. The van der Waals surface area contributed by atoms with Gasteiger partial charge in [0, 0.05) is 23.1 Å². The molecule has 0 atom stereocenters. The Morgan fingerprint density at radius 3 is 2.54 bits per heavy atom. The summed E-state index contributed by atoms with van der Waals surface area (Å²) in [5.41, 5.74) is 2.91. The molecule has 6 heteroatoms. The minimum atomic E-state index is -0.0109. The molecule has 0 radical (unpaired) electrons. The van der Waals surface area contributed by atoms with Crippen LogP contribution < -0.4 is 4.90 Å². The fourth-order valence-electron chi connectivity index (χ4n) is 3.13. The first-order chi connectivity index (χ1) is 13.5. The Balaban J connectivity index is 1.96. The molecule has 0 aliphatic carbocycles. The Morgan fingerprint density at radius 2 is 1.86 bits per heavy atom. The van der Waals surface area contributed by atoms with Crippen LogP contribution in [0.25, 0.3) is 10.2 Å². The van der Waals surface area contributed by atoms with E-state index in [1.165, 1.54) is 5.56 Å². The van der Waals surface area contributed by atoms with E-state index in [0.29, 0.717) is 12.1 Å². The molecule has 0 saturated heterocycles. The molecule has 28 heavy (non-hydrogen) atoms. The van der Waals surface area contributed by atoms with Gasteiger partial charge < -0.3 is 4.90 Å². The Bertz CT molecular complexity index is 952. The zero-order valence-electron chi connectivity index (χ0n) is 16.6. The van der Waals surface area contributed by atoms with Crippen molar-refractivity contribution in [2.45, 2.75) is 27.2 Å². The predicted molar refractivity (Wildman–Crippen MR) is 123 cm³/mol. The lowest BCUT2D eigenvalue weighted by atomic mass is 10.2. The highest BCUT2D eigenvalue weighted by Crippen LogP contribution is 2.31.